The van der Waals surface area contributed by atoms with Crippen molar-refractivity contribution in [2.24, 2.45) is 0 Å². The topological polar surface area (TPSA) is 7.60 Å². The molecule has 0 aliphatic rings. The van der Waals surface area contributed by atoms with Gasteiger partial charge in [0.1, 0.15) is 6.54 Å². The third kappa shape index (κ3) is 5.13. The predicted molar refractivity (Wildman–Crippen MR) is 70.9 cm³/mol. The van der Waals surface area contributed by atoms with Crippen LogP contribution in [-0.4, -0.2) is 19.3 Å². The van der Waals surface area contributed by atoms with E-state index in [1.54, 1.807) is 6.92 Å². The highest BCUT2D eigenvalue weighted by Crippen LogP contribution is 2.39. The predicted octanol–water partition coefficient (Wildman–Crippen LogP) is 5.42. The van der Waals surface area contributed by atoms with Crippen molar-refractivity contribution in [2.75, 3.05) is 18.0 Å². The van der Waals surface area contributed by atoms with Gasteiger partial charge in [-0.05, 0) is 18.6 Å². The molecule has 0 saturated heterocycles. The molecule has 1 rings (SSSR count). The number of alkyl halides is 6. The third-order valence-electron chi connectivity index (χ3n) is 2.92. The number of hydrogen-bond donors (Lipinski definition) is 0. The zero-order chi connectivity index (χ0) is 17.0. The van der Waals surface area contributed by atoms with Gasteiger partial charge in [-0.1, -0.05) is 19.4 Å². The van der Waals surface area contributed by atoms with E-state index in [9.17, 15) is 26.3 Å². The molecular formula is C14H14F6N2. The second-order valence-corrected chi connectivity index (χ2v) is 4.70. The Morgan fingerprint density at radius 3 is 2.23 bits per heavy atom. The lowest BCUT2D eigenvalue weighted by molar-refractivity contribution is -0.136. The van der Waals surface area contributed by atoms with Crippen LogP contribution in [0.5, 0.6) is 0 Å². The zero-order valence-electron chi connectivity index (χ0n) is 11.7. The van der Waals surface area contributed by atoms with Crippen molar-refractivity contribution in [3.05, 3.63) is 35.2 Å². The van der Waals surface area contributed by atoms with Gasteiger partial charge in [0.25, 0.3) is 0 Å². The first kappa shape index (κ1) is 18.1. The summed E-state index contributed by atoms with van der Waals surface area (Å²) < 4.78 is 76.4. The van der Waals surface area contributed by atoms with Gasteiger partial charge >= 0.3 is 12.4 Å². The fourth-order valence-corrected chi connectivity index (χ4v) is 1.91. The summed E-state index contributed by atoms with van der Waals surface area (Å²) in [6, 6.07) is 2.62. The Morgan fingerprint density at radius 1 is 1.14 bits per heavy atom. The summed E-state index contributed by atoms with van der Waals surface area (Å²) in [6.07, 6.45) is -8.28. The Kier molecular flexibility index (Phi) is 5.69. The van der Waals surface area contributed by atoms with Crippen molar-refractivity contribution in [1.82, 2.24) is 0 Å². The minimum atomic E-state index is -4.79. The van der Waals surface area contributed by atoms with Crippen LogP contribution in [0.1, 0.15) is 25.3 Å². The van der Waals surface area contributed by atoms with E-state index in [1.807, 2.05) is 0 Å². The number of unbranched alkanes of at least 4 members (excludes halogenated alkanes) is 1. The molecule has 0 radical (unpaired) electrons. The average Bonchev–Trinajstić information content (AvgIpc) is 2.40. The minimum absolute atomic E-state index is 0.00925. The van der Waals surface area contributed by atoms with Crippen LogP contribution in [0.4, 0.5) is 37.7 Å². The Balaban J connectivity index is 3.22. The van der Waals surface area contributed by atoms with Gasteiger partial charge in [0.2, 0.25) is 0 Å². The van der Waals surface area contributed by atoms with Crippen LogP contribution < -0.4 is 4.90 Å². The van der Waals surface area contributed by atoms with E-state index in [2.05, 4.69) is 4.85 Å². The van der Waals surface area contributed by atoms with Crippen molar-refractivity contribution < 1.29 is 26.3 Å². The molecule has 0 aromatic heterocycles. The number of rotatable bonds is 5. The minimum Gasteiger partial charge on any atom is -0.363 e. The molecule has 0 aliphatic heterocycles. The maximum absolute atomic E-state index is 12.9. The van der Waals surface area contributed by atoms with Crippen molar-refractivity contribution in [3.63, 3.8) is 0 Å². The van der Waals surface area contributed by atoms with Gasteiger partial charge < -0.3 is 4.90 Å². The normalized spacial score (nSPS) is 12.1. The molecule has 0 amide bonds. The van der Waals surface area contributed by atoms with Gasteiger partial charge in [0.15, 0.2) is 5.69 Å². The third-order valence-corrected chi connectivity index (χ3v) is 2.92. The van der Waals surface area contributed by atoms with Crippen molar-refractivity contribution in [1.29, 1.82) is 0 Å². The van der Waals surface area contributed by atoms with Gasteiger partial charge in [0.05, 0.1) is 12.1 Å². The SMILES string of the molecule is [C-]#[N+]c1ccc(N(CCCC)CC(F)(F)F)cc1C(F)(F)F. The van der Waals surface area contributed by atoms with Crippen molar-refractivity contribution in [3.8, 4) is 0 Å². The molecular weight excluding hydrogens is 310 g/mol. The number of nitrogens with zero attached hydrogens (tertiary/aromatic N) is 2. The molecule has 0 atom stereocenters. The molecule has 0 heterocycles. The summed E-state index contributed by atoms with van der Waals surface area (Å²) in [5, 5.41) is 0. The fraction of sp³-hybridized carbons (Fsp3) is 0.500. The molecule has 1 aromatic carbocycles. The molecule has 1 aromatic rings. The average molecular weight is 324 g/mol. The Labute approximate surface area is 124 Å². The summed E-state index contributed by atoms with van der Waals surface area (Å²) in [6.45, 7) is 7.16. The largest absolute Gasteiger partial charge is 0.407 e. The Bertz CT molecular complexity index is 542. The lowest BCUT2D eigenvalue weighted by Gasteiger charge is -2.27. The van der Waals surface area contributed by atoms with Gasteiger partial charge in [-0.3, -0.25) is 0 Å². The van der Waals surface area contributed by atoms with E-state index in [-0.39, 0.29) is 12.2 Å². The maximum atomic E-state index is 12.9. The first-order valence-electron chi connectivity index (χ1n) is 6.49. The Morgan fingerprint density at radius 2 is 1.77 bits per heavy atom. The molecule has 0 unspecified atom stereocenters. The smallest absolute Gasteiger partial charge is 0.363 e. The van der Waals surface area contributed by atoms with E-state index in [0.717, 1.165) is 17.0 Å². The number of benzene rings is 1. The molecule has 0 N–H and O–H groups in total. The molecule has 0 aliphatic carbocycles. The number of halogens is 6. The highest BCUT2D eigenvalue weighted by molar-refractivity contribution is 5.62. The summed E-state index contributed by atoms with van der Waals surface area (Å²) in [4.78, 5) is 3.62. The van der Waals surface area contributed by atoms with Crippen LogP contribution in [0, 0.1) is 6.57 Å². The van der Waals surface area contributed by atoms with E-state index >= 15 is 0 Å². The van der Waals surface area contributed by atoms with Crippen LogP contribution in [0.3, 0.4) is 0 Å². The van der Waals surface area contributed by atoms with Crippen LogP contribution in [0.25, 0.3) is 4.85 Å². The summed E-state index contributed by atoms with van der Waals surface area (Å²) in [5.74, 6) is 0. The van der Waals surface area contributed by atoms with Gasteiger partial charge in [0, 0.05) is 12.2 Å². The first-order valence-corrected chi connectivity index (χ1v) is 6.49. The van der Waals surface area contributed by atoms with Crippen LogP contribution in [0.15, 0.2) is 18.2 Å². The Hall–Kier alpha value is -1.91. The molecule has 122 valence electrons. The molecule has 8 heteroatoms. The maximum Gasteiger partial charge on any atom is 0.407 e. The van der Waals surface area contributed by atoms with Crippen LogP contribution >= 0.6 is 0 Å². The molecule has 0 bridgehead atoms. The summed E-state index contributed by atoms with van der Waals surface area (Å²) in [7, 11) is 0. The molecule has 0 saturated carbocycles. The highest BCUT2D eigenvalue weighted by Gasteiger charge is 2.35. The lowest BCUT2D eigenvalue weighted by Crippen LogP contribution is -2.35. The van der Waals surface area contributed by atoms with Gasteiger partial charge in [-0.25, -0.2) is 4.85 Å². The quantitative estimate of drug-likeness (QED) is 0.518. The highest BCUT2D eigenvalue weighted by atomic mass is 19.4. The molecule has 0 spiro atoms. The van der Waals surface area contributed by atoms with E-state index in [4.69, 9.17) is 6.57 Å². The molecule has 22 heavy (non-hydrogen) atoms. The van der Waals surface area contributed by atoms with E-state index in [1.165, 1.54) is 0 Å². The van der Waals surface area contributed by atoms with Gasteiger partial charge in [-0.15, -0.1) is 0 Å². The first-order chi connectivity index (χ1) is 10.1. The summed E-state index contributed by atoms with van der Waals surface area (Å²) >= 11 is 0. The summed E-state index contributed by atoms with van der Waals surface area (Å²) in [5.41, 5.74) is -2.03. The monoisotopic (exact) mass is 324 g/mol. The van der Waals surface area contributed by atoms with Crippen molar-refractivity contribution in [2.45, 2.75) is 32.1 Å². The second kappa shape index (κ2) is 6.90. The van der Waals surface area contributed by atoms with Gasteiger partial charge in [-0.2, -0.15) is 26.3 Å². The van der Waals surface area contributed by atoms with Crippen molar-refractivity contribution >= 4 is 11.4 Å². The lowest BCUT2D eigenvalue weighted by atomic mass is 10.1. The standard InChI is InChI=1S/C14H14F6N2/c1-3-4-7-22(9-13(15,16)17)10-5-6-12(21-2)11(8-10)14(18,19)20/h5-6,8H,3-4,7,9H2,1H3. The molecule has 2 nitrogen and oxygen atoms in total. The van der Waals surface area contributed by atoms with E-state index < -0.39 is 30.1 Å². The zero-order valence-corrected chi connectivity index (χ0v) is 11.7. The van der Waals surface area contributed by atoms with Crippen LogP contribution in [-0.2, 0) is 6.18 Å². The number of hydrogen-bond acceptors (Lipinski definition) is 1. The number of anilines is 1. The second-order valence-electron chi connectivity index (χ2n) is 4.70. The van der Waals surface area contributed by atoms with Crippen LogP contribution in [0.2, 0.25) is 0 Å². The van der Waals surface area contributed by atoms with E-state index in [0.29, 0.717) is 18.9 Å². The fourth-order valence-electron chi connectivity index (χ4n) is 1.91. The molecule has 0 fully saturated rings.